The number of carbonyl (C=O) groups is 3. The maximum Gasteiger partial charge on any atom is 3.00 e. The molecule has 0 heterocycles. The van der Waals surface area contributed by atoms with Gasteiger partial charge in [0.25, 0.3) is 0 Å². The molecule has 0 aromatic heterocycles. The molecule has 0 aromatic rings. The molecule has 0 atom stereocenters. The van der Waals surface area contributed by atoms with Crippen molar-refractivity contribution in [2.24, 2.45) is 0 Å². The Morgan fingerprint density at radius 2 is 0.682 bits per heavy atom. The van der Waals surface area contributed by atoms with Gasteiger partial charge in [0.05, 0.1) is 0 Å². The third-order valence-electron chi connectivity index (χ3n) is 1.22. The average molecular weight is 455 g/mol. The quantitative estimate of drug-likeness (QED) is 0.419. The second-order valence-electron chi connectivity index (χ2n) is 4.10. The minimum atomic E-state index is -0.187. The van der Waals surface area contributed by atoms with Crippen LogP contribution in [0.25, 0.3) is 0 Å². The predicted molar refractivity (Wildman–Crippen MR) is 73.3 cm³/mol. The van der Waals surface area contributed by atoms with Gasteiger partial charge in [-0.3, -0.25) is 14.4 Å². The van der Waals surface area contributed by atoms with Crippen molar-refractivity contribution in [2.45, 2.75) is 41.5 Å². The van der Waals surface area contributed by atoms with E-state index in [1.165, 1.54) is 41.5 Å². The minimum Gasteiger partial charge on any atom is -0.876 e. The SMILES string of the molecule is CC(=O)/C=C(\C)[O-].CC(=O)/C=C(\C)[O-].CC(=O)/C=C(\C)[O-].[Gd+3]. The Bertz CT molecular complexity index is 368. The summed E-state index contributed by atoms with van der Waals surface area (Å²) in [5, 5.41) is 29.9. The van der Waals surface area contributed by atoms with Crippen molar-refractivity contribution < 1.29 is 69.6 Å². The van der Waals surface area contributed by atoms with Crippen LogP contribution < -0.4 is 15.3 Å². The number of hydrogen-bond acceptors (Lipinski definition) is 6. The second-order valence-corrected chi connectivity index (χ2v) is 4.10. The van der Waals surface area contributed by atoms with E-state index in [-0.39, 0.29) is 74.6 Å². The topological polar surface area (TPSA) is 120 Å². The summed E-state index contributed by atoms with van der Waals surface area (Å²) in [6, 6.07) is 0. The van der Waals surface area contributed by atoms with Gasteiger partial charge in [-0.15, -0.1) is 17.3 Å². The zero-order valence-electron chi connectivity index (χ0n) is 13.5. The number of allylic oxidation sites excluding steroid dienone is 6. The van der Waals surface area contributed by atoms with Crippen molar-refractivity contribution in [3.63, 3.8) is 0 Å². The van der Waals surface area contributed by atoms with Gasteiger partial charge in [0, 0.05) is 0 Å². The summed E-state index contributed by atoms with van der Waals surface area (Å²) >= 11 is 0. The molecule has 0 aliphatic rings. The molecule has 0 unspecified atom stereocenters. The van der Waals surface area contributed by atoms with E-state index in [9.17, 15) is 29.7 Å². The first-order valence-electron chi connectivity index (χ1n) is 5.96. The fourth-order valence-electron chi connectivity index (χ4n) is 0.859. The van der Waals surface area contributed by atoms with E-state index in [0.29, 0.717) is 0 Å². The second kappa shape index (κ2) is 18.0. The molecule has 125 valence electrons. The molecule has 22 heavy (non-hydrogen) atoms. The van der Waals surface area contributed by atoms with E-state index in [1.54, 1.807) is 0 Å². The smallest absolute Gasteiger partial charge is 0.876 e. The van der Waals surface area contributed by atoms with Gasteiger partial charge in [-0.05, 0) is 39.0 Å². The summed E-state index contributed by atoms with van der Waals surface area (Å²) in [5.74, 6) is -1.12. The van der Waals surface area contributed by atoms with Crippen molar-refractivity contribution in [3.8, 4) is 0 Å². The van der Waals surface area contributed by atoms with Gasteiger partial charge in [-0.1, -0.05) is 20.8 Å². The van der Waals surface area contributed by atoms with Crippen molar-refractivity contribution in [1.82, 2.24) is 0 Å². The van der Waals surface area contributed by atoms with E-state index in [2.05, 4.69) is 0 Å². The molecular formula is C15H21GdO6. The Labute approximate surface area is 163 Å². The summed E-state index contributed by atoms with van der Waals surface area (Å²) in [6.45, 7) is 8.09. The maximum atomic E-state index is 9.98. The molecule has 0 aromatic carbocycles. The van der Waals surface area contributed by atoms with Crippen molar-refractivity contribution in [2.75, 3.05) is 0 Å². The van der Waals surface area contributed by atoms with Gasteiger partial charge in [-0.2, -0.15) is 0 Å². The summed E-state index contributed by atoms with van der Waals surface area (Å²) in [6.07, 6.45) is 3.17. The van der Waals surface area contributed by atoms with Crippen LogP contribution in [0.4, 0.5) is 0 Å². The van der Waals surface area contributed by atoms with Crippen LogP contribution in [0.15, 0.2) is 35.5 Å². The molecule has 7 heteroatoms. The van der Waals surface area contributed by atoms with Crippen LogP contribution in [0.1, 0.15) is 41.5 Å². The van der Waals surface area contributed by atoms with Gasteiger partial charge >= 0.3 is 39.9 Å². The maximum absolute atomic E-state index is 9.98. The van der Waals surface area contributed by atoms with Crippen molar-refractivity contribution >= 4 is 17.3 Å². The van der Waals surface area contributed by atoms with Gasteiger partial charge in [0.1, 0.15) is 0 Å². The molecule has 0 spiro atoms. The predicted octanol–water partition coefficient (Wildman–Crippen LogP) is -0.481. The zero-order valence-corrected chi connectivity index (χ0v) is 15.8. The molecule has 0 fully saturated rings. The Morgan fingerprint density at radius 1 is 0.545 bits per heavy atom. The van der Waals surface area contributed by atoms with Gasteiger partial charge in [0.15, 0.2) is 17.3 Å². The van der Waals surface area contributed by atoms with Crippen LogP contribution >= 0.6 is 0 Å². The van der Waals surface area contributed by atoms with Crippen LogP contribution in [0.3, 0.4) is 0 Å². The van der Waals surface area contributed by atoms with Crippen LogP contribution in [-0.4, -0.2) is 17.3 Å². The fourth-order valence-corrected chi connectivity index (χ4v) is 0.859. The van der Waals surface area contributed by atoms with Crippen LogP contribution in [0.5, 0.6) is 0 Å². The molecule has 1 radical (unpaired) electrons. The normalized spacial score (nSPS) is 10.9. The molecule has 0 bridgehead atoms. The third kappa shape index (κ3) is 50.9. The van der Waals surface area contributed by atoms with E-state index in [0.717, 1.165) is 18.2 Å². The Kier molecular flexibility index (Phi) is 23.8. The summed E-state index contributed by atoms with van der Waals surface area (Å²) in [7, 11) is 0. The fraction of sp³-hybridized carbons (Fsp3) is 0.400. The minimum absolute atomic E-state index is 0. The first kappa shape index (κ1) is 29.0. The standard InChI is InChI=1S/3C5H8O2.Gd/c3*1-4(6)3-5(2)7;/h3*3,6H,1-2H3;/q;;;+3/p-3/b3*4-3+;. The number of carbonyl (C=O) groups excluding carboxylic acids is 3. The molecular weight excluding hydrogens is 433 g/mol. The Morgan fingerprint density at radius 3 is 0.682 bits per heavy atom. The summed E-state index contributed by atoms with van der Waals surface area (Å²) in [5.41, 5.74) is 0. The Hall–Kier alpha value is -1.05. The average Bonchev–Trinajstić information content (AvgIpc) is 2.10. The molecule has 6 nitrogen and oxygen atoms in total. The largest absolute Gasteiger partial charge is 3.00 e. The first-order chi connectivity index (χ1) is 9.38. The summed E-state index contributed by atoms with van der Waals surface area (Å²) in [4.78, 5) is 29.9. The Balaban J connectivity index is -0.000000108. The molecule has 0 aliphatic heterocycles. The first-order valence-corrected chi connectivity index (χ1v) is 5.96. The van der Waals surface area contributed by atoms with Crippen molar-refractivity contribution in [1.29, 1.82) is 0 Å². The molecule has 0 amide bonds. The van der Waals surface area contributed by atoms with E-state index >= 15 is 0 Å². The molecule has 0 rings (SSSR count). The van der Waals surface area contributed by atoms with E-state index in [1.807, 2.05) is 0 Å². The van der Waals surface area contributed by atoms with Crippen LogP contribution in [0.2, 0.25) is 0 Å². The number of hydrogen-bond donors (Lipinski definition) is 0. The van der Waals surface area contributed by atoms with Gasteiger partial charge in [-0.25, -0.2) is 0 Å². The molecule has 0 saturated heterocycles. The number of ketones is 3. The van der Waals surface area contributed by atoms with Crippen LogP contribution in [0, 0.1) is 39.9 Å². The third-order valence-corrected chi connectivity index (χ3v) is 1.22. The van der Waals surface area contributed by atoms with Gasteiger partial charge in [0.2, 0.25) is 0 Å². The molecule has 0 saturated carbocycles. The number of rotatable bonds is 3. The van der Waals surface area contributed by atoms with Crippen LogP contribution in [-0.2, 0) is 14.4 Å². The van der Waals surface area contributed by atoms with Crippen molar-refractivity contribution in [3.05, 3.63) is 35.5 Å². The summed E-state index contributed by atoms with van der Waals surface area (Å²) < 4.78 is 0. The molecule has 0 aliphatic carbocycles. The van der Waals surface area contributed by atoms with E-state index in [4.69, 9.17) is 0 Å². The molecule has 0 N–H and O–H groups in total. The zero-order chi connectivity index (χ0) is 17.6. The van der Waals surface area contributed by atoms with Gasteiger partial charge < -0.3 is 15.3 Å². The van der Waals surface area contributed by atoms with E-state index < -0.39 is 0 Å². The monoisotopic (exact) mass is 455 g/mol.